The van der Waals surface area contributed by atoms with Crippen molar-refractivity contribution in [2.24, 2.45) is 47.3 Å². The summed E-state index contributed by atoms with van der Waals surface area (Å²) in [5.74, 6) is 6.74. The first-order valence-corrected chi connectivity index (χ1v) is 22.2. The molecule has 2 heterocycles. The summed E-state index contributed by atoms with van der Waals surface area (Å²) in [5.41, 5.74) is 8.80. The molecule has 53 heavy (non-hydrogen) atoms. The van der Waals surface area contributed by atoms with Crippen LogP contribution in [0.2, 0.25) is 0 Å². The van der Waals surface area contributed by atoms with Crippen LogP contribution in [0.15, 0.2) is 41.4 Å². The predicted octanol–water partition coefficient (Wildman–Crippen LogP) is 14.3. The highest BCUT2D eigenvalue weighted by atomic mass is 32.1. The van der Waals surface area contributed by atoms with Gasteiger partial charge in [0, 0.05) is 24.5 Å². The van der Waals surface area contributed by atoms with Gasteiger partial charge < -0.3 is 0 Å². The topological polar surface area (TPSA) is 43.6 Å². The lowest BCUT2D eigenvalue weighted by Gasteiger charge is -2.14. The minimum absolute atomic E-state index is 0.633. The van der Waals surface area contributed by atoms with Crippen LogP contribution >= 0.6 is 11.3 Å². The van der Waals surface area contributed by atoms with Crippen molar-refractivity contribution in [3.63, 3.8) is 0 Å². The number of aromatic nitrogens is 4. The molecule has 0 aliphatic heterocycles. The zero-order valence-corrected chi connectivity index (χ0v) is 38.5. The van der Waals surface area contributed by atoms with Crippen molar-refractivity contribution in [3.8, 4) is 0 Å². The Kier molecular flexibility index (Phi) is 23.7. The third kappa shape index (κ3) is 22.0. The summed E-state index contributed by atoms with van der Waals surface area (Å²) in [6.07, 6.45) is 14.2. The van der Waals surface area contributed by atoms with Crippen molar-refractivity contribution in [3.05, 3.63) is 74.5 Å². The number of hydrogen-bond acceptors (Lipinski definition) is 4. The summed E-state index contributed by atoms with van der Waals surface area (Å²) in [6.45, 7) is 39.4. The van der Waals surface area contributed by atoms with E-state index in [0.29, 0.717) is 23.7 Å². The maximum absolute atomic E-state index is 4.61. The second kappa shape index (κ2) is 25.7. The van der Waals surface area contributed by atoms with Crippen molar-refractivity contribution >= 4 is 11.3 Å². The van der Waals surface area contributed by atoms with Gasteiger partial charge in [-0.1, -0.05) is 146 Å². The summed E-state index contributed by atoms with van der Waals surface area (Å²) in [6, 6.07) is 6.87. The van der Waals surface area contributed by atoms with E-state index in [9.17, 15) is 0 Å². The highest BCUT2D eigenvalue weighted by Crippen LogP contribution is 2.35. The van der Waals surface area contributed by atoms with Crippen LogP contribution in [0, 0.1) is 47.3 Å². The SMILES string of the molecule is C/C(=C\CC(C)C)CCC(C)C.CC(C)Cc1cn(CC(C)C)nn1.CC(C)Cc1csc(CC(C)C)n1.CC(C)c1cccc2c1CC(C(C)C)C2. The normalized spacial score (nSPS) is 14.3. The van der Waals surface area contributed by atoms with Crippen LogP contribution in [-0.4, -0.2) is 20.0 Å². The van der Waals surface area contributed by atoms with E-state index in [-0.39, 0.29) is 0 Å². The van der Waals surface area contributed by atoms with Gasteiger partial charge in [0.2, 0.25) is 0 Å². The highest BCUT2D eigenvalue weighted by Gasteiger charge is 2.26. The number of fused-ring (bicyclic) bond motifs is 1. The number of thiazole rings is 1. The first kappa shape index (κ1) is 48.7. The molecule has 1 unspecified atom stereocenters. The van der Waals surface area contributed by atoms with E-state index in [1.165, 1.54) is 42.8 Å². The Hall–Kier alpha value is -2.27. The molecular weight excluding hydrogens is 665 g/mol. The fourth-order valence-electron chi connectivity index (χ4n) is 6.40. The molecule has 0 amide bonds. The average molecular weight is 749 g/mol. The first-order chi connectivity index (χ1) is 24.8. The van der Waals surface area contributed by atoms with Gasteiger partial charge in [0.25, 0.3) is 0 Å². The Morgan fingerprint density at radius 3 is 1.91 bits per heavy atom. The lowest BCUT2D eigenvalue weighted by Crippen LogP contribution is -2.08. The predicted molar refractivity (Wildman–Crippen MR) is 236 cm³/mol. The van der Waals surface area contributed by atoms with Gasteiger partial charge in [-0.15, -0.1) is 16.4 Å². The fraction of sp³-hybridized carbons (Fsp3) is 0.729. The fourth-order valence-corrected chi connectivity index (χ4v) is 7.42. The number of rotatable bonds is 15. The molecule has 0 N–H and O–H groups in total. The van der Waals surface area contributed by atoms with Crippen molar-refractivity contribution in [2.75, 3.05) is 0 Å². The number of benzene rings is 1. The van der Waals surface area contributed by atoms with E-state index in [1.54, 1.807) is 22.3 Å². The van der Waals surface area contributed by atoms with Crippen LogP contribution in [0.3, 0.4) is 0 Å². The van der Waals surface area contributed by atoms with Crippen molar-refractivity contribution < 1.29 is 0 Å². The van der Waals surface area contributed by atoms with Crippen LogP contribution < -0.4 is 0 Å². The quantitative estimate of drug-likeness (QED) is 0.145. The van der Waals surface area contributed by atoms with Crippen LogP contribution in [0.25, 0.3) is 0 Å². The lowest BCUT2D eigenvalue weighted by atomic mass is 9.91. The van der Waals surface area contributed by atoms with E-state index < -0.39 is 0 Å². The van der Waals surface area contributed by atoms with Crippen molar-refractivity contribution in [1.82, 2.24) is 20.0 Å². The number of hydrogen-bond donors (Lipinski definition) is 0. The summed E-state index contributed by atoms with van der Waals surface area (Å²) >= 11 is 1.81. The Morgan fingerprint density at radius 1 is 0.755 bits per heavy atom. The van der Waals surface area contributed by atoms with E-state index in [1.807, 2.05) is 16.0 Å². The largest absolute Gasteiger partial charge is 0.252 e. The molecule has 0 spiro atoms. The van der Waals surface area contributed by atoms with Crippen LogP contribution in [-0.2, 0) is 38.6 Å². The molecule has 5 heteroatoms. The minimum Gasteiger partial charge on any atom is -0.252 e. The zero-order valence-electron chi connectivity index (χ0n) is 37.7. The van der Waals surface area contributed by atoms with Crippen LogP contribution in [0.5, 0.6) is 0 Å². The van der Waals surface area contributed by atoms with E-state index in [0.717, 1.165) is 61.1 Å². The van der Waals surface area contributed by atoms with Gasteiger partial charge in [-0.05, 0) is 122 Å². The second-order valence-electron chi connectivity index (χ2n) is 19.0. The van der Waals surface area contributed by atoms with Gasteiger partial charge in [0.1, 0.15) is 0 Å². The Bertz CT molecular complexity index is 1300. The highest BCUT2D eigenvalue weighted by molar-refractivity contribution is 7.09. The first-order valence-electron chi connectivity index (χ1n) is 21.4. The van der Waals surface area contributed by atoms with Gasteiger partial charge in [0.15, 0.2) is 0 Å². The molecule has 4 nitrogen and oxygen atoms in total. The molecule has 0 saturated heterocycles. The molecule has 0 bridgehead atoms. The van der Waals surface area contributed by atoms with Gasteiger partial charge in [-0.25, -0.2) is 4.98 Å². The molecule has 1 aliphatic rings. The summed E-state index contributed by atoms with van der Waals surface area (Å²) in [4.78, 5) is 4.61. The van der Waals surface area contributed by atoms with Crippen LogP contribution in [0.4, 0.5) is 0 Å². The van der Waals surface area contributed by atoms with Gasteiger partial charge >= 0.3 is 0 Å². The molecule has 1 aliphatic carbocycles. The molecule has 1 atom stereocenters. The monoisotopic (exact) mass is 749 g/mol. The molecule has 2 aromatic heterocycles. The Morgan fingerprint density at radius 2 is 1.38 bits per heavy atom. The number of nitrogens with zero attached hydrogens (tertiary/aromatic N) is 4. The van der Waals surface area contributed by atoms with Gasteiger partial charge in [-0.2, -0.15) is 0 Å². The molecule has 0 radical (unpaired) electrons. The molecule has 1 aromatic carbocycles. The van der Waals surface area contributed by atoms with E-state index in [4.69, 9.17) is 0 Å². The molecular formula is C48H84N4S. The van der Waals surface area contributed by atoms with Gasteiger partial charge in [-0.3, -0.25) is 4.68 Å². The summed E-state index contributed by atoms with van der Waals surface area (Å²) < 4.78 is 1.93. The Balaban J connectivity index is 0.000000355. The molecule has 4 rings (SSSR count). The van der Waals surface area contributed by atoms with Gasteiger partial charge in [0.05, 0.1) is 16.4 Å². The standard InChI is InChI=1S/C15H22.C12H24.C11H19NS.C10H19N3/c1-10(2)13-8-12-6-5-7-14(11(3)4)15(12)9-13;1-10(2)6-8-12(5)9-7-11(3)4;1-8(2)5-10-7-13-11(12-10)6-9(3)4;1-8(2)5-10-7-13(12-11-10)6-9(3)4/h5-7,10-11,13H,8-9H2,1-4H3;8,10-11H,6-7,9H2,1-5H3;2*7-9H,5-6H2,1-4H3/b;12-8+;;. The zero-order chi connectivity index (χ0) is 40.2. The van der Waals surface area contributed by atoms with Crippen molar-refractivity contribution in [2.45, 2.75) is 182 Å². The minimum atomic E-state index is 0.633. The van der Waals surface area contributed by atoms with E-state index in [2.05, 4.69) is 169 Å². The summed E-state index contributed by atoms with van der Waals surface area (Å²) in [7, 11) is 0. The maximum Gasteiger partial charge on any atom is 0.0930 e. The molecule has 302 valence electrons. The third-order valence-electron chi connectivity index (χ3n) is 9.43. The Labute approximate surface area is 333 Å². The maximum atomic E-state index is 4.61. The second-order valence-corrected chi connectivity index (χ2v) is 20.0. The molecule has 3 aromatic rings. The number of allylic oxidation sites excluding steroid dienone is 2. The summed E-state index contributed by atoms with van der Waals surface area (Å²) in [5, 5.41) is 11.7. The lowest BCUT2D eigenvalue weighted by molar-refractivity contribution is 0.403. The van der Waals surface area contributed by atoms with Crippen molar-refractivity contribution in [1.29, 1.82) is 0 Å². The smallest absolute Gasteiger partial charge is 0.0930 e. The van der Waals surface area contributed by atoms with E-state index >= 15 is 0 Å². The van der Waals surface area contributed by atoms with Crippen LogP contribution in [0.1, 0.15) is 176 Å². The average Bonchev–Trinajstić information content (AvgIpc) is 3.79. The third-order valence-corrected chi connectivity index (χ3v) is 10.4. The molecule has 0 fully saturated rings. The molecule has 0 saturated carbocycles.